The lowest BCUT2D eigenvalue weighted by atomic mass is 10.3. The molecule has 1 aliphatic rings. The average Bonchev–Trinajstić information content (AvgIpc) is 2.67. The molecule has 1 heterocycles. The molecule has 4 nitrogen and oxygen atoms in total. The Bertz CT molecular complexity index is 362. The van der Waals surface area contributed by atoms with Gasteiger partial charge in [0.1, 0.15) is 0 Å². The average molecular weight is 190 g/mol. The molecule has 1 aliphatic heterocycles. The SMILES string of the molecule is O=C(O)N1CC=CN1c1ccccc1. The molecule has 0 atom stereocenters. The Morgan fingerprint density at radius 3 is 2.64 bits per heavy atom. The van der Waals surface area contributed by atoms with E-state index in [1.807, 2.05) is 30.3 Å². The summed E-state index contributed by atoms with van der Waals surface area (Å²) in [6.45, 7) is 0.407. The van der Waals surface area contributed by atoms with Crippen LogP contribution < -0.4 is 5.01 Å². The van der Waals surface area contributed by atoms with Gasteiger partial charge in [0.2, 0.25) is 0 Å². The number of amides is 1. The molecule has 0 spiro atoms. The molecule has 0 saturated heterocycles. The fourth-order valence-electron chi connectivity index (χ4n) is 1.39. The van der Waals surface area contributed by atoms with Crippen LogP contribution in [0.15, 0.2) is 42.6 Å². The maximum atomic E-state index is 10.8. The highest BCUT2D eigenvalue weighted by atomic mass is 16.4. The number of hydrogen-bond acceptors (Lipinski definition) is 2. The zero-order valence-corrected chi connectivity index (χ0v) is 7.50. The van der Waals surface area contributed by atoms with Crippen LogP contribution in [0.1, 0.15) is 0 Å². The monoisotopic (exact) mass is 190 g/mol. The Kier molecular flexibility index (Phi) is 2.10. The highest BCUT2D eigenvalue weighted by Crippen LogP contribution is 2.19. The van der Waals surface area contributed by atoms with E-state index in [0.29, 0.717) is 6.54 Å². The molecule has 0 radical (unpaired) electrons. The lowest BCUT2D eigenvalue weighted by molar-refractivity contribution is 0.153. The minimum absolute atomic E-state index is 0.407. The fraction of sp³-hybridized carbons (Fsp3) is 0.100. The van der Waals surface area contributed by atoms with E-state index in [0.717, 1.165) is 5.69 Å². The van der Waals surface area contributed by atoms with Gasteiger partial charge in [0.25, 0.3) is 0 Å². The van der Waals surface area contributed by atoms with Crippen LogP contribution in [0, 0.1) is 0 Å². The van der Waals surface area contributed by atoms with Gasteiger partial charge in [-0.15, -0.1) is 0 Å². The van der Waals surface area contributed by atoms with Gasteiger partial charge in [-0.3, -0.25) is 5.01 Å². The summed E-state index contributed by atoms with van der Waals surface area (Å²) in [5.74, 6) is 0. The number of carbonyl (C=O) groups is 1. The number of rotatable bonds is 1. The van der Waals surface area contributed by atoms with E-state index in [2.05, 4.69) is 0 Å². The fourth-order valence-corrected chi connectivity index (χ4v) is 1.39. The highest BCUT2D eigenvalue weighted by molar-refractivity contribution is 5.70. The second kappa shape index (κ2) is 3.41. The molecule has 1 N–H and O–H groups in total. The first kappa shape index (κ1) is 8.62. The van der Waals surface area contributed by atoms with Gasteiger partial charge >= 0.3 is 6.09 Å². The third-order valence-electron chi connectivity index (χ3n) is 2.03. The van der Waals surface area contributed by atoms with Gasteiger partial charge in [0, 0.05) is 6.20 Å². The third kappa shape index (κ3) is 1.42. The summed E-state index contributed by atoms with van der Waals surface area (Å²) in [6, 6.07) is 9.38. The molecule has 0 unspecified atom stereocenters. The van der Waals surface area contributed by atoms with E-state index in [4.69, 9.17) is 5.11 Å². The van der Waals surface area contributed by atoms with Crippen molar-refractivity contribution in [1.82, 2.24) is 5.01 Å². The molecule has 1 amide bonds. The van der Waals surface area contributed by atoms with Crippen LogP contribution in [0.2, 0.25) is 0 Å². The first-order chi connectivity index (χ1) is 6.79. The molecule has 14 heavy (non-hydrogen) atoms. The smallest absolute Gasteiger partial charge is 0.426 e. The van der Waals surface area contributed by atoms with Crippen molar-refractivity contribution >= 4 is 11.8 Å². The molecule has 0 bridgehead atoms. The number of nitrogens with zero attached hydrogens (tertiary/aromatic N) is 2. The summed E-state index contributed by atoms with van der Waals surface area (Å²) in [5, 5.41) is 11.7. The van der Waals surface area contributed by atoms with Crippen molar-refractivity contribution < 1.29 is 9.90 Å². The van der Waals surface area contributed by atoms with Crippen LogP contribution in [0.25, 0.3) is 0 Å². The lowest BCUT2D eigenvalue weighted by Gasteiger charge is -2.26. The molecular weight excluding hydrogens is 180 g/mol. The first-order valence-electron chi connectivity index (χ1n) is 4.30. The molecule has 0 fully saturated rings. The number of carboxylic acid groups (broad SMARTS) is 1. The minimum Gasteiger partial charge on any atom is -0.464 e. The normalized spacial score (nSPS) is 14.9. The van der Waals surface area contributed by atoms with Gasteiger partial charge < -0.3 is 5.11 Å². The molecule has 0 aromatic heterocycles. The van der Waals surface area contributed by atoms with Crippen molar-refractivity contribution in [3.05, 3.63) is 42.6 Å². The van der Waals surface area contributed by atoms with Crippen LogP contribution in [0.4, 0.5) is 10.5 Å². The number of hydrogen-bond donors (Lipinski definition) is 1. The topological polar surface area (TPSA) is 43.8 Å². The second-order valence-electron chi connectivity index (χ2n) is 2.93. The second-order valence-corrected chi connectivity index (χ2v) is 2.93. The Morgan fingerprint density at radius 2 is 2.00 bits per heavy atom. The van der Waals surface area contributed by atoms with Gasteiger partial charge in [0.05, 0.1) is 12.2 Å². The van der Waals surface area contributed by atoms with Crippen molar-refractivity contribution in [2.75, 3.05) is 11.6 Å². The van der Waals surface area contributed by atoms with Crippen molar-refractivity contribution in [1.29, 1.82) is 0 Å². The zero-order chi connectivity index (χ0) is 9.97. The Hall–Kier alpha value is -1.97. The third-order valence-corrected chi connectivity index (χ3v) is 2.03. The van der Waals surface area contributed by atoms with Gasteiger partial charge in [0.15, 0.2) is 0 Å². The molecule has 0 saturated carbocycles. The molecule has 72 valence electrons. The van der Waals surface area contributed by atoms with Gasteiger partial charge in [-0.2, -0.15) is 0 Å². The van der Waals surface area contributed by atoms with Gasteiger partial charge in [-0.1, -0.05) is 18.2 Å². The van der Waals surface area contributed by atoms with Crippen molar-refractivity contribution in [3.63, 3.8) is 0 Å². The predicted octanol–water partition coefficient (Wildman–Crippen LogP) is 1.92. The van der Waals surface area contributed by atoms with E-state index in [1.165, 1.54) is 5.01 Å². The van der Waals surface area contributed by atoms with E-state index in [-0.39, 0.29) is 0 Å². The number of benzene rings is 1. The quantitative estimate of drug-likeness (QED) is 0.735. The molecule has 2 rings (SSSR count). The van der Waals surface area contributed by atoms with Gasteiger partial charge in [-0.25, -0.2) is 9.80 Å². The van der Waals surface area contributed by atoms with Gasteiger partial charge in [-0.05, 0) is 18.2 Å². The molecule has 4 heteroatoms. The first-order valence-corrected chi connectivity index (χ1v) is 4.30. The summed E-state index contributed by atoms with van der Waals surface area (Å²) in [6.07, 6.45) is 2.61. The summed E-state index contributed by atoms with van der Waals surface area (Å²) < 4.78 is 0. The maximum Gasteiger partial charge on any atom is 0.426 e. The highest BCUT2D eigenvalue weighted by Gasteiger charge is 2.21. The zero-order valence-electron chi connectivity index (χ0n) is 7.50. The summed E-state index contributed by atoms with van der Waals surface area (Å²) in [7, 11) is 0. The summed E-state index contributed by atoms with van der Waals surface area (Å²) >= 11 is 0. The Balaban J connectivity index is 2.26. The Morgan fingerprint density at radius 1 is 1.29 bits per heavy atom. The van der Waals surface area contributed by atoms with E-state index >= 15 is 0 Å². The molecular formula is C10H10N2O2. The maximum absolute atomic E-state index is 10.8. The molecule has 1 aromatic rings. The van der Waals surface area contributed by atoms with Crippen molar-refractivity contribution in [2.24, 2.45) is 0 Å². The van der Waals surface area contributed by atoms with Crippen LogP contribution in [0.3, 0.4) is 0 Å². The van der Waals surface area contributed by atoms with Crippen LogP contribution in [-0.2, 0) is 0 Å². The summed E-state index contributed by atoms with van der Waals surface area (Å²) in [5.41, 5.74) is 0.851. The van der Waals surface area contributed by atoms with E-state index in [9.17, 15) is 4.79 Å². The van der Waals surface area contributed by atoms with E-state index in [1.54, 1.807) is 17.3 Å². The Labute approximate surface area is 81.6 Å². The van der Waals surface area contributed by atoms with E-state index < -0.39 is 6.09 Å². The van der Waals surface area contributed by atoms with Crippen molar-refractivity contribution in [3.8, 4) is 0 Å². The van der Waals surface area contributed by atoms with Crippen LogP contribution >= 0.6 is 0 Å². The largest absolute Gasteiger partial charge is 0.464 e. The molecule has 1 aromatic carbocycles. The number of anilines is 1. The van der Waals surface area contributed by atoms with Crippen molar-refractivity contribution in [2.45, 2.75) is 0 Å². The summed E-state index contributed by atoms with van der Waals surface area (Å²) in [4.78, 5) is 10.8. The van der Waals surface area contributed by atoms with Crippen LogP contribution in [-0.4, -0.2) is 22.8 Å². The minimum atomic E-state index is -0.946. The predicted molar refractivity (Wildman–Crippen MR) is 52.8 cm³/mol. The standard InChI is InChI=1S/C10H10N2O2/c13-10(14)12-8-4-7-11(12)9-5-2-1-3-6-9/h1-7H,8H2,(H,13,14). The van der Waals surface area contributed by atoms with Crippen LogP contribution in [0.5, 0.6) is 0 Å². The number of hydrazine groups is 1. The number of para-hydroxylation sites is 1. The lowest BCUT2D eigenvalue weighted by Crippen LogP contribution is -2.39. The molecule has 0 aliphatic carbocycles.